The van der Waals surface area contributed by atoms with Crippen LogP contribution < -0.4 is 5.73 Å². The lowest BCUT2D eigenvalue weighted by molar-refractivity contribution is -0.129. The van der Waals surface area contributed by atoms with Crippen molar-refractivity contribution < 1.29 is 9.59 Å². The fourth-order valence-corrected chi connectivity index (χ4v) is 3.79. The normalized spacial score (nSPS) is 16.7. The minimum absolute atomic E-state index is 0.133. The van der Waals surface area contributed by atoms with Crippen molar-refractivity contribution in [3.63, 3.8) is 0 Å². The number of pyridine rings is 1. The fraction of sp³-hybridized carbons (Fsp3) is 0.286. The molecule has 2 aromatic heterocycles. The molecule has 1 aliphatic rings. The third-order valence-electron chi connectivity index (χ3n) is 5.20. The molecule has 1 aromatic carbocycles. The van der Waals surface area contributed by atoms with Crippen molar-refractivity contribution in [2.24, 2.45) is 11.7 Å². The van der Waals surface area contributed by atoms with Crippen LogP contribution >= 0.6 is 0 Å². The number of rotatable bonds is 5. The van der Waals surface area contributed by atoms with Gasteiger partial charge < -0.3 is 15.0 Å². The standard InChI is InChI=1S/C21H22N4O2/c22-21(27)17-5-3-4-15(11-17)10-16-7-9-24(14-16)20(26)12-18-13-23-19-6-1-2-8-25(18)19/h1-6,8,11,13,16H,7,9-10,12,14H2,(H2,22,27)/t16-/m0/s1. The SMILES string of the molecule is NC(=O)c1cccc(C[C@@H]2CCN(C(=O)Cc3cnc4ccccn34)C2)c1. The summed E-state index contributed by atoms with van der Waals surface area (Å²) in [5, 5.41) is 0. The molecule has 1 aliphatic heterocycles. The van der Waals surface area contributed by atoms with E-state index < -0.39 is 5.91 Å². The Morgan fingerprint density at radius 3 is 2.93 bits per heavy atom. The van der Waals surface area contributed by atoms with Gasteiger partial charge >= 0.3 is 0 Å². The maximum Gasteiger partial charge on any atom is 0.248 e. The second-order valence-corrected chi connectivity index (χ2v) is 7.12. The highest BCUT2D eigenvalue weighted by atomic mass is 16.2. The monoisotopic (exact) mass is 362 g/mol. The van der Waals surface area contributed by atoms with E-state index in [0.717, 1.165) is 42.8 Å². The van der Waals surface area contributed by atoms with Crippen LogP contribution in [0.4, 0.5) is 0 Å². The van der Waals surface area contributed by atoms with E-state index in [1.165, 1.54) is 0 Å². The van der Waals surface area contributed by atoms with Crippen molar-refractivity contribution in [2.45, 2.75) is 19.3 Å². The summed E-state index contributed by atoms with van der Waals surface area (Å²) < 4.78 is 1.96. The number of likely N-dealkylation sites (tertiary alicyclic amines) is 1. The van der Waals surface area contributed by atoms with Gasteiger partial charge in [0, 0.05) is 31.0 Å². The van der Waals surface area contributed by atoms with Gasteiger partial charge in [-0.1, -0.05) is 18.2 Å². The number of hydrogen-bond donors (Lipinski definition) is 1. The Hall–Kier alpha value is -3.15. The van der Waals surface area contributed by atoms with Crippen LogP contribution in [0.3, 0.4) is 0 Å². The first-order valence-electron chi connectivity index (χ1n) is 9.17. The van der Waals surface area contributed by atoms with Gasteiger partial charge in [0.05, 0.1) is 12.1 Å². The lowest BCUT2D eigenvalue weighted by Gasteiger charge is -2.16. The van der Waals surface area contributed by atoms with E-state index >= 15 is 0 Å². The number of amides is 2. The number of aromatic nitrogens is 2. The smallest absolute Gasteiger partial charge is 0.248 e. The Morgan fingerprint density at radius 2 is 2.07 bits per heavy atom. The van der Waals surface area contributed by atoms with Gasteiger partial charge in [-0.05, 0) is 48.6 Å². The Morgan fingerprint density at radius 1 is 1.19 bits per heavy atom. The van der Waals surface area contributed by atoms with Gasteiger partial charge in [-0.15, -0.1) is 0 Å². The Kier molecular flexibility index (Phi) is 4.62. The van der Waals surface area contributed by atoms with Crippen LogP contribution in [0, 0.1) is 5.92 Å². The summed E-state index contributed by atoms with van der Waals surface area (Å²) in [5.41, 5.74) is 8.75. The molecule has 6 nitrogen and oxygen atoms in total. The molecule has 3 aromatic rings. The molecule has 1 fully saturated rings. The molecule has 1 saturated heterocycles. The minimum atomic E-state index is -0.409. The fourth-order valence-electron chi connectivity index (χ4n) is 3.79. The highest BCUT2D eigenvalue weighted by Crippen LogP contribution is 2.22. The van der Waals surface area contributed by atoms with Crippen LogP contribution in [0.2, 0.25) is 0 Å². The van der Waals surface area contributed by atoms with Crippen LogP contribution in [-0.4, -0.2) is 39.2 Å². The number of primary amides is 1. The molecule has 3 heterocycles. The molecule has 2 amide bonds. The van der Waals surface area contributed by atoms with Crippen molar-refractivity contribution in [3.05, 3.63) is 71.7 Å². The van der Waals surface area contributed by atoms with E-state index in [-0.39, 0.29) is 5.91 Å². The Balaban J connectivity index is 1.38. The number of nitrogens with two attached hydrogens (primary N) is 1. The number of carbonyl (C=O) groups is 2. The van der Waals surface area contributed by atoms with E-state index in [1.54, 1.807) is 12.3 Å². The van der Waals surface area contributed by atoms with E-state index in [2.05, 4.69) is 4.98 Å². The van der Waals surface area contributed by atoms with Crippen LogP contribution in [-0.2, 0) is 17.6 Å². The first-order chi connectivity index (χ1) is 13.1. The van der Waals surface area contributed by atoms with Crippen LogP contribution in [0.25, 0.3) is 5.65 Å². The van der Waals surface area contributed by atoms with E-state index in [4.69, 9.17) is 5.73 Å². The number of carbonyl (C=O) groups excluding carboxylic acids is 2. The summed E-state index contributed by atoms with van der Waals surface area (Å²) in [6.07, 6.45) is 5.88. The lowest BCUT2D eigenvalue weighted by atomic mass is 9.97. The largest absolute Gasteiger partial charge is 0.366 e. The molecule has 27 heavy (non-hydrogen) atoms. The first kappa shape index (κ1) is 17.3. The van der Waals surface area contributed by atoms with Gasteiger partial charge in [0.1, 0.15) is 5.65 Å². The van der Waals surface area contributed by atoms with Gasteiger partial charge in [-0.25, -0.2) is 4.98 Å². The Bertz CT molecular complexity index is 995. The maximum atomic E-state index is 12.7. The third kappa shape index (κ3) is 3.69. The number of hydrogen-bond acceptors (Lipinski definition) is 3. The van der Waals surface area contributed by atoms with Crippen LogP contribution in [0.1, 0.15) is 28.0 Å². The summed E-state index contributed by atoms with van der Waals surface area (Å²) in [6.45, 7) is 1.52. The third-order valence-corrected chi connectivity index (χ3v) is 5.20. The van der Waals surface area contributed by atoms with Crippen molar-refractivity contribution in [1.82, 2.24) is 14.3 Å². The highest BCUT2D eigenvalue weighted by Gasteiger charge is 2.27. The second-order valence-electron chi connectivity index (χ2n) is 7.12. The van der Waals surface area contributed by atoms with Crippen LogP contribution in [0.5, 0.6) is 0 Å². The molecule has 0 aliphatic carbocycles. The molecule has 0 bridgehead atoms. The lowest BCUT2D eigenvalue weighted by Crippen LogP contribution is -2.30. The molecule has 2 N–H and O–H groups in total. The number of imidazole rings is 1. The average Bonchev–Trinajstić information content (AvgIpc) is 3.29. The molecule has 0 spiro atoms. The predicted molar refractivity (Wildman–Crippen MR) is 102 cm³/mol. The molecule has 4 rings (SSSR count). The van der Waals surface area contributed by atoms with Gasteiger partial charge in [0.2, 0.25) is 11.8 Å². The van der Waals surface area contributed by atoms with Crippen molar-refractivity contribution in [1.29, 1.82) is 0 Å². The van der Waals surface area contributed by atoms with Crippen molar-refractivity contribution in [2.75, 3.05) is 13.1 Å². The molecule has 0 radical (unpaired) electrons. The topological polar surface area (TPSA) is 80.7 Å². The van der Waals surface area contributed by atoms with E-state index in [1.807, 2.05) is 51.9 Å². The Labute approximate surface area is 157 Å². The zero-order valence-electron chi connectivity index (χ0n) is 15.0. The summed E-state index contributed by atoms with van der Waals surface area (Å²) in [5.74, 6) is 0.126. The van der Waals surface area contributed by atoms with Gasteiger partial charge in [-0.3, -0.25) is 9.59 Å². The van der Waals surface area contributed by atoms with E-state index in [0.29, 0.717) is 17.9 Å². The van der Waals surface area contributed by atoms with Gasteiger partial charge in [-0.2, -0.15) is 0 Å². The van der Waals surface area contributed by atoms with Crippen molar-refractivity contribution >= 4 is 17.5 Å². The molecule has 6 heteroatoms. The maximum absolute atomic E-state index is 12.7. The molecular weight excluding hydrogens is 340 g/mol. The van der Waals surface area contributed by atoms with Gasteiger partial charge in [0.25, 0.3) is 0 Å². The number of nitrogens with zero attached hydrogens (tertiary/aromatic N) is 3. The molecular formula is C21H22N4O2. The zero-order valence-corrected chi connectivity index (χ0v) is 15.0. The number of benzene rings is 1. The van der Waals surface area contributed by atoms with E-state index in [9.17, 15) is 9.59 Å². The van der Waals surface area contributed by atoms with Crippen molar-refractivity contribution in [3.8, 4) is 0 Å². The highest BCUT2D eigenvalue weighted by molar-refractivity contribution is 5.92. The summed E-state index contributed by atoms with van der Waals surface area (Å²) in [4.78, 5) is 30.3. The minimum Gasteiger partial charge on any atom is -0.366 e. The summed E-state index contributed by atoms with van der Waals surface area (Å²) in [6, 6.07) is 13.3. The summed E-state index contributed by atoms with van der Waals surface area (Å²) in [7, 11) is 0. The molecule has 0 saturated carbocycles. The molecule has 138 valence electrons. The number of fused-ring (bicyclic) bond motifs is 1. The summed E-state index contributed by atoms with van der Waals surface area (Å²) >= 11 is 0. The second kappa shape index (κ2) is 7.23. The molecule has 0 unspecified atom stereocenters. The average molecular weight is 362 g/mol. The van der Waals surface area contributed by atoms with Crippen LogP contribution in [0.15, 0.2) is 54.9 Å². The zero-order chi connectivity index (χ0) is 18.8. The predicted octanol–water partition coefficient (Wildman–Crippen LogP) is 2.07. The quantitative estimate of drug-likeness (QED) is 0.754. The van der Waals surface area contributed by atoms with Gasteiger partial charge in [0.15, 0.2) is 0 Å². The first-order valence-corrected chi connectivity index (χ1v) is 9.17. The molecule has 1 atom stereocenters.